The average molecular weight is 1080 g/mol. The standard InChI is InChI=1S/C56H66FN9O10S/c1-34(2)40-9-7-8-10-41(40)46-31-63(30-36-11-14-47(73-4)49(21-36)74-5)19-20-65(46)38-25-56(26-38)32-64(33-56)37-12-13-42(48(22-37)76-50-24-43-44(57)29-60-51(43)61-54(50)75-6)53(67)62-77(71,72)39-23-45(66(69)70)52(59-28-39)58-27-35-15-17-55(3,68)18-16-35/h7-14,21-24,28-29,34-35,38,46,68H,15-20,25-27,30-33H2,1-6H3,(H,58,59)(H,60,61)(H,62,67)/t35?,46-,55?/m0/s1. The number of aliphatic hydroxyl groups is 1. The van der Waals surface area contributed by atoms with Crippen molar-refractivity contribution in [3.8, 4) is 28.9 Å². The molecule has 10 rings (SSSR count). The van der Waals surface area contributed by atoms with Crippen LogP contribution in [0.25, 0.3) is 11.0 Å². The molecule has 0 unspecified atom stereocenters. The third kappa shape index (κ3) is 11.1. The average Bonchev–Trinajstić information content (AvgIpc) is 3.88. The number of carbonyl (C=O) groups excluding carboxylic acids is 1. The zero-order valence-electron chi connectivity index (χ0n) is 44.2. The van der Waals surface area contributed by atoms with Crippen LogP contribution in [0.5, 0.6) is 28.9 Å². The van der Waals surface area contributed by atoms with Crippen LogP contribution in [0.4, 0.5) is 21.6 Å². The second-order valence-corrected chi connectivity index (χ2v) is 23.4. The van der Waals surface area contributed by atoms with Crippen LogP contribution >= 0.6 is 0 Å². The lowest BCUT2D eigenvalue weighted by molar-refractivity contribution is -0.384. The van der Waals surface area contributed by atoms with Gasteiger partial charge in [-0.1, -0.05) is 44.2 Å². The molecule has 77 heavy (non-hydrogen) atoms. The maximum absolute atomic E-state index is 14.9. The number of amides is 1. The van der Waals surface area contributed by atoms with E-state index in [0.717, 1.165) is 76.1 Å². The van der Waals surface area contributed by atoms with Crippen molar-refractivity contribution in [2.45, 2.75) is 94.3 Å². The molecule has 2 saturated heterocycles. The predicted molar refractivity (Wildman–Crippen MR) is 288 cm³/mol. The summed E-state index contributed by atoms with van der Waals surface area (Å²) in [5.41, 5.74) is 3.30. The first-order valence-electron chi connectivity index (χ1n) is 26.1. The molecule has 2 aliphatic carbocycles. The van der Waals surface area contributed by atoms with E-state index in [4.69, 9.17) is 18.9 Å². The number of halogens is 1. The normalized spacial score (nSPS) is 20.9. The van der Waals surface area contributed by atoms with Gasteiger partial charge in [0, 0.05) is 93.4 Å². The van der Waals surface area contributed by atoms with Crippen LogP contribution in [0.2, 0.25) is 0 Å². The zero-order valence-corrected chi connectivity index (χ0v) is 45.0. The summed E-state index contributed by atoms with van der Waals surface area (Å²) in [6.07, 6.45) is 6.69. The Morgan fingerprint density at radius 3 is 2.43 bits per heavy atom. The number of methoxy groups -OCH3 is 3. The fourth-order valence-corrected chi connectivity index (χ4v) is 12.7. The molecule has 3 aromatic carbocycles. The largest absolute Gasteiger partial charge is 0.493 e. The van der Waals surface area contributed by atoms with Gasteiger partial charge in [0.25, 0.3) is 21.8 Å². The van der Waals surface area contributed by atoms with Crippen LogP contribution in [0.15, 0.2) is 90.1 Å². The number of benzene rings is 3. The SMILES string of the molecule is COc1ccc(CN2CCN(C3CC4(C3)CN(c3ccc(C(=O)NS(=O)(=O)c5cnc(NCC6CCC(C)(O)CC6)c([N+](=O)[O-])c5)c(Oc5cc6c(F)c[nH]c6nc5OC)c3)C4)[C@H](c3ccccc3C(C)C)C2)cc1OC. The second-order valence-electron chi connectivity index (χ2n) is 21.7. The number of nitro groups is 1. The molecule has 2 aliphatic heterocycles. The lowest BCUT2D eigenvalue weighted by Gasteiger charge is -2.63. The predicted octanol–water partition coefficient (Wildman–Crippen LogP) is 8.95. The molecule has 4 fully saturated rings. The second kappa shape index (κ2) is 21.4. The van der Waals surface area contributed by atoms with Crippen molar-refractivity contribution in [1.82, 2.24) is 29.5 Å². The Balaban J connectivity index is 0.866. The minimum Gasteiger partial charge on any atom is -0.493 e. The van der Waals surface area contributed by atoms with Crippen LogP contribution in [-0.4, -0.2) is 121 Å². The van der Waals surface area contributed by atoms with Gasteiger partial charge in [-0.05, 0) is 98.2 Å². The highest BCUT2D eigenvalue weighted by Crippen LogP contribution is 2.54. The first kappa shape index (κ1) is 53.3. The van der Waals surface area contributed by atoms with Gasteiger partial charge in [-0.25, -0.2) is 22.5 Å². The summed E-state index contributed by atoms with van der Waals surface area (Å²) in [5, 5.41) is 25.7. The van der Waals surface area contributed by atoms with Crippen molar-refractivity contribution in [2.24, 2.45) is 11.3 Å². The Bertz CT molecular complexity index is 3290. The summed E-state index contributed by atoms with van der Waals surface area (Å²) in [6.45, 7) is 11.6. The van der Waals surface area contributed by atoms with Crippen molar-refractivity contribution < 1.29 is 46.6 Å². The molecule has 0 bridgehead atoms. The Hall–Kier alpha value is -7.07. The molecule has 19 nitrogen and oxygen atoms in total. The molecule has 4 aliphatic rings. The number of sulfonamides is 1. The summed E-state index contributed by atoms with van der Waals surface area (Å²) < 4.78 is 67.7. The van der Waals surface area contributed by atoms with Crippen molar-refractivity contribution >= 4 is 44.2 Å². The number of hydrogen-bond donors (Lipinski definition) is 4. The number of pyridine rings is 2. The van der Waals surface area contributed by atoms with Crippen molar-refractivity contribution in [3.63, 3.8) is 0 Å². The van der Waals surface area contributed by atoms with Gasteiger partial charge in [0.15, 0.2) is 17.2 Å². The van der Waals surface area contributed by atoms with E-state index in [-0.39, 0.29) is 57.2 Å². The number of ether oxygens (including phenoxy) is 4. The lowest BCUT2D eigenvalue weighted by Crippen LogP contribution is -2.68. The highest BCUT2D eigenvalue weighted by Gasteiger charge is 2.55. The van der Waals surface area contributed by atoms with E-state index in [1.54, 1.807) is 33.3 Å². The molecule has 1 atom stereocenters. The molecule has 2 saturated carbocycles. The maximum atomic E-state index is 14.9. The number of anilines is 2. The number of carbonyl (C=O) groups is 1. The van der Waals surface area contributed by atoms with Crippen LogP contribution in [0, 0.1) is 27.3 Å². The minimum atomic E-state index is -4.75. The highest BCUT2D eigenvalue weighted by molar-refractivity contribution is 7.90. The Morgan fingerprint density at radius 2 is 1.71 bits per heavy atom. The van der Waals surface area contributed by atoms with E-state index in [0.29, 0.717) is 61.4 Å². The third-order valence-corrected chi connectivity index (χ3v) is 17.3. The van der Waals surface area contributed by atoms with E-state index in [2.05, 4.69) is 89.9 Å². The van der Waals surface area contributed by atoms with Crippen LogP contribution < -0.4 is 33.9 Å². The number of H-pyrrole nitrogens is 1. The topological polar surface area (TPSA) is 227 Å². The maximum Gasteiger partial charge on any atom is 0.312 e. The third-order valence-electron chi connectivity index (χ3n) is 16.0. The summed E-state index contributed by atoms with van der Waals surface area (Å²) in [4.78, 5) is 43.7. The number of piperazine rings is 1. The number of aromatic nitrogens is 3. The van der Waals surface area contributed by atoms with E-state index < -0.39 is 42.9 Å². The van der Waals surface area contributed by atoms with Gasteiger partial charge in [0.1, 0.15) is 22.1 Å². The molecule has 0 radical (unpaired) electrons. The van der Waals surface area contributed by atoms with Gasteiger partial charge in [-0.15, -0.1) is 0 Å². The number of aromatic amines is 1. The van der Waals surface area contributed by atoms with Gasteiger partial charge in [-0.2, -0.15) is 4.98 Å². The molecule has 21 heteroatoms. The molecular weight excluding hydrogens is 1010 g/mol. The summed E-state index contributed by atoms with van der Waals surface area (Å²) in [7, 11) is -0.0853. The molecule has 6 aromatic rings. The van der Waals surface area contributed by atoms with Crippen LogP contribution in [-0.2, 0) is 16.6 Å². The molecule has 408 valence electrons. The fourth-order valence-electron chi connectivity index (χ4n) is 11.8. The Morgan fingerprint density at radius 1 is 0.961 bits per heavy atom. The summed E-state index contributed by atoms with van der Waals surface area (Å²) in [6, 6.07) is 22.5. The molecule has 1 amide bonds. The Kier molecular flexibility index (Phi) is 14.8. The number of fused-ring (bicyclic) bond motifs is 1. The van der Waals surface area contributed by atoms with E-state index in [1.807, 2.05) is 6.07 Å². The number of hydrogen-bond acceptors (Lipinski definition) is 16. The molecule has 1 spiro atoms. The zero-order chi connectivity index (χ0) is 54.4. The number of rotatable bonds is 18. The van der Waals surface area contributed by atoms with Gasteiger partial charge >= 0.3 is 5.69 Å². The molecule has 3 aromatic heterocycles. The smallest absolute Gasteiger partial charge is 0.312 e. The van der Waals surface area contributed by atoms with E-state index in [9.17, 15) is 32.8 Å². The lowest BCUT2D eigenvalue weighted by atomic mass is 9.59. The minimum absolute atomic E-state index is 0.0225. The number of nitrogens with one attached hydrogen (secondary N) is 3. The first-order valence-corrected chi connectivity index (χ1v) is 27.6. The van der Waals surface area contributed by atoms with Gasteiger partial charge in [-0.3, -0.25) is 24.7 Å². The van der Waals surface area contributed by atoms with E-state index in [1.165, 1.54) is 30.4 Å². The van der Waals surface area contributed by atoms with Crippen molar-refractivity contribution in [3.05, 3.63) is 123 Å². The monoisotopic (exact) mass is 1080 g/mol. The number of nitrogens with zero attached hydrogens (tertiary/aromatic N) is 6. The summed E-state index contributed by atoms with van der Waals surface area (Å²) in [5.74, 6) is -0.0364. The highest BCUT2D eigenvalue weighted by atomic mass is 32.2. The van der Waals surface area contributed by atoms with Gasteiger partial charge < -0.3 is 39.3 Å². The Labute approximate surface area is 447 Å². The molecule has 4 N–H and O–H groups in total. The van der Waals surface area contributed by atoms with Crippen LogP contribution in [0.3, 0.4) is 0 Å². The van der Waals surface area contributed by atoms with E-state index >= 15 is 0 Å². The fraction of sp³-hybridized carbons (Fsp3) is 0.446. The van der Waals surface area contributed by atoms with Gasteiger partial charge in [0.05, 0.1) is 49.0 Å². The van der Waals surface area contributed by atoms with Gasteiger partial charge in [0.2, 0.25) is 5.82 Å². The van der Waals surface area contributed by atoms with Crippen LogP contribution in [0.1, 0.15) is 98.3 Å². The quantitative estimate of drug-likeness (QED) is 0.0465. The van der Waals surface area contributed by atoms with Crippen molar-refractivity contribution in [1.29, 1.82) is 0 Å². The first-order chi connectivity index (χ1) is 36.8. The molecular formula is C56H66FN9O10S. The summed E-state index contributed by atoms with van der Waals surface area (Å²) >= 11 is 0. The molecule has 5 heterocycles. The van der Waals surface area contributed by atoms with Crippen molar-refractivity contribution in [2.75, 3.05) is 70.8 Å².